The van der Waals surface area contributed by atoms with Crippen LogP contribution in [0.4, 0.5) is 0 Å². The second-order valence-corrected chi connectivity index (χ2v) is 7.17. The van der Waals surface area contributed by atoms with Crippen molar-refractivity contribution in [3.63, 3.8) is 0 Å². The van der Waals surface area contributed by atoms with Crippen LogP contribution >= 0.6 is 0 Å². The monoisotopic (exact) mass is 250 g/mol. The third-order valence-corrected chi connectivity index (χ3v) is 6.31. The largest absolute Gasteiger partial charge is 0.479 e. The minimum Gasteiger partial charge on any atom is -0.479 e. The third-order valence-electron chi connectivity index (χ3n) is 3.65. The van der Waals surface area contributed by atoms with E-state index in [0.717, 1.165) is 0 Å². The van der Waals surface area contributed by atoms with E-state index in [4.69, 9.17) is 5.11 Å². The average Bonchev–Trinajstić information content (AvgIpc) is 2.40. The summed E-state index contributed by atoms with van der Waals surface area (Å²) in [6.45, 7) is 0. The highest BCUT2D eigenvalue weighted by molar-refractivity contribution is 7.93. The molecule has 0 aromatic heterocycles. The fourth-order valence-corrected chi connectivity index (χ4v) is 5.25. The van der Waals surface area contributed by atoms with E-state index in [2.05, 4.69) is 0 Å². The van der Waals surface area contributed by atoms with Crippen molar-refractivity contribution in [3.05, 3.63) is 0 Å². The van der Waals surface area contributed by atoms with Gasteiger partial charge in [0.1, 0.15) is 5.60 Å². The van der Waals surface area contributed by atoms with Gasteiger partial charge in [0.25, 0.3) is 0 Å². The van der Waals surface area contributed by atoms with Crippen LogP contribution in [0, 0.1) is 0 Å². The van der Waals surface area contributed by atoms with Crippen molar-refractivity contribution in [3.8, 4) is 0 Å². The molecule has 0 aromatic rings. The number of carboxylic acid groups (broad SMARTS) is 1. The molecule has 2 saturated heterocycles. The number of aliphatic hydroxyl groups excluding tert-OH is 1. The summed E-state index contributed by atoms with van der Waals surface area (Å²) in [5.41, 5.74) is -1.80. The van der Waals surface area contributed by atoms with Gasteiger partial charge in [0.05, 0.1) is 10.5 Å². The van der Waals surface area contributed by atoms with Crippen molar-refractivity contribution in [2.75, 3.05) is 0 Å². The molecule has 16 heavy (non-hydrogen) atoms. The predicted molar refractivity (Wildman–Crippen MR) is 53.6 cm³/mol. The third kappa shape index (κ3) is 1.54. The maximum absolute atomic E-state index is 11.7. The Balaban J connectivity index is 2.28. The predicted octanol–water partition coefficient (Wildman–Crippen LogP) is -1.10. The number of aliphatic hydroxyl groups is 2. The van der Waals surface area contributed by atoms with Gasteiger partial charge in [-0.15, -0.1) is 0 Å². The molecule has 2 aliphatic rings. The molecule has 2 heterocycles. The topological polar surface area (TPSA) is 112 Å². The Bertz CT molecular complexity index is 394. The molecule has 0 spiro atoms. The molecule has 0 aliphatic carbocycles. The van der Waals surface area contributed by atoms with Gasteiger partial charge < -0.3 is 15.3 Å². The molecule has 3 unspecified atom stereocenters. The van der Waals surface area contributed by atoms with Gasteiger partial charge >= 0.3 is 5.97 Å². The van der Waals surface area contributed by atoms with Gasteiger partial charge in [-0.2, -0.15) is 0 Å². The average molecular weight is 250 g/mol. The first-order chi connectivity index (χ1) is 7.27. The van der Waals surface area contributed by atoms with Crippen molar-refractivity contribution in [2.45, 2.75) is 47.9 Å². The molecule has 2 fully saturated rings. The molecular weight excluding hydrogens is 236 g/mol. The fraction of sp³-hybridized carbons (Fsp3) is 0.889. The lowest BCUT2D eigenvalue weighted by Crippen LogP contribution is -2.54. The van der Waals surface area contributed by atoms with Crippen LogP contribution in [0.2, 0.25) is 0 Å². The van der Waals surface area contributed by atoms with Gasteiger partial charge in [0.2, 0.25) is 0 Å². The van der Waals surface area contributed by atoms with Gasteiger partial charge in [0, 0.05) is 0 Å². The first-order valence-corrected chi connectivity index (χ1v) is 6.74. The fourth-order valence-electron chi connectivity index (χ4n) is 2.73. The van der Waals surface area contributed by atoms with Gasteiger partial charge in [-0.05, 0) is 25.7 Å². The van der Waals surface area contributed by atoms with Crippen molar-refractivity contribution in [1.82, 2.24) is 0 Å². The summed E-state index contributed by atoms with van der Waals surface area (Å²) in [6.07, 6.45) is -1.38. The van der Waals surface area contributed by atoms with E-state index >= 15 is 0 Å². The summed E-state index contributed by atoms with van der Waals surface area (Å²) < 4.78 is 23.4. The molecule has 2 aliphatic heterocycles. The Morgan fingerprint density at radius 2 is 1.69 bits per heavy atom. The van der Waals surface area contributed by atoms with E-state index in [9.17, 15) is 23.4 Å². The number of carboxylic acids is 1. The molecule has 3 atom stereocenters. The maximum atomic E-state index is 11.7. The van der Waals surface area contributed by atoms with Crippen LogP contribution in [0.25, 0.3) is 0 Å². The summed E-state index contributed by atoms with van der Waals surface area (Å²) in [5, 5.41) is 26.7. The molecule has 2 bridgehead atoms. The van der Waals surface area contributed by atoms with Crippen molar-refractivity contribution < 1.29 is 28.5 Å². The molecule has 2 rings (SSSR count). The summed E-state index contributed by atoms with van der Waals surface area (Å²) in [5.74, 6) is -1.51. The number of carbonyl (C=O) groups is 1. The van der Waals surface area contributed by atoms with Crippen LogP contribution in [-0.4, -0.2) is 51.9 Å². The smallest absolute Gasteiger partial charge is 0.335 e. The lowest BCUT2D eigenvalue weighted by molar-refractivity contribution is -0.165. The van der Waals surface area contributed by atoms with E-state index < -0.39 is 38.0 Å². The molecular formula is C9H14O6S. The minimum absolute atomic E-state index is 0.181. The Morgan fingerprint density at radius 3 is 2.06 bits per heavy atom. The Kier molecular flexibility index (Phi) is 2.52. The maximum Gasteiger partial charge on any atom is 0.335 e. The van der Waals surface area contributed by atoms with E-state index in [-0.39, 0.29) is 12.8 Å². The highest BCUT2D eigenvalue weighted by Crippen LogP contribution is 2.44. The molecule has 92 valence electrons. The molecule has 0 saturated carbocycles. The molecule has 3 N–H and O–H groups in total. The summed E-state index contributed by atoms with van der Waals surface area (Å²) in [6, 6.07) is 0. The van der Waals surface area contributed by atoms with Crippen LogP contribution in [0.1, 0.15) is 25.7 Å². The normalized spacial score (nSPS) is 42.9. The van der Waals surface area contributed by atoms with Crippen LogP contribution in [0.5, 0.6) is 0 Å². The summed E-state index contributed by atoms with van der Waals surface area (Å²) in [4.78, 5) is 10.6. The first kappa shape index (κ1) is 11.8. The number of rotatable bonds is 2. The van der Waals surface area contributed by atoms with E-state index in [1.807, 2.05) is 0 Å². The lowest BCUT2D eigenvalue weighted by atomic mass is 9.87. The zero-order chi connectivity index (χ0) is 12.1. The molecule has 6 nitrogen and oxygen atoms in total. The number of aliphatic carboxylic acids is 1. The Morgan fingerprint density at radius 1 is 1.25 bits per heavy atom. The second kappa shape index (κ2) is 3.41. The quantitative estimate of drug-likeness (QED) is 0.573. The lowest BCUT2D eigenvalue weighted by Gasteiger charge is -2.37. The van der Waals surface area contributed by atoms with Crippen LogP contribution in [-0.2, 0) is 14.6 Å². The number of hydrogen-bond donors (Lipinski definition) is 3. The van der Waals surface area contributed by atoms with E-state index in [1.165, 1.54) is 0 Å². The van der Waals surface area contributed by atoms with E-state index in [0.29, 0.717) is 12.8 Å². The SMILES string of the molecule is O=C(O)C(O)C1(O)CC2CCC(C1)S2(=O)=O. The highest BCUT2D eigenvalue weighted by Gasteiger charge is 2.56. The molecule has 7 heteroatoms. The Hall–Kier alpha value is -0.660. The molecule has 0 aromatic carbocycles. The zero-order valence-electron chi connectivity index (χ0n) is 8.54. The molecule has 0 radical (unpaired) electrons. The number of sulfone groups is 1. The highest BCUT2D eigenvalue weighted by atomic mass is 32.2. The standard InChI is InChI=1S/C9H14O6S/c10-7(8(11)12)9(13)3-5-1-2-6(4-9)16(5,14)15/h5-7,10,13H,1-4H2,(H,11,12). The van der Waals surface area contributed by atoms with Gasteiger partial charge in [0.15, 0.2) is 15.9 Å². The van der Waals surface area contributed by atoms with Gasteiger partial charge in [-0.25, -0.2) is 13.2 Å². The van der Waals surface area contributed by atoms with Crippen molar-refractivity contribution >= 4 is 15.8 Å². The van der Waals surface area contributed by atoms with E-state index in [1.54, 1.807) is 0 Å². The molecule has 0 amide bonds. The number of hydrogen-bond acceptors (Lipinski definition) is 5. The Labute approximate surface area is 92.8 Å². The van der Waals surface area contributed by atoms with Gasteiger partial charge in [-0.1, -0.05) is 0 Å². The summed E-state index contributed by atoms with van der Waals surface area (Å²) >= 11 is 0. The summed E-state index contributed by atoms with van der Waals surface area (Å²) in [7, 11) is -3.22. The zero-order valence-corrected chi connectivity index (χ0v) is 9.35. The van der Waals surface area contributed by atoms with Gasteiger partial charge in [-0.3, -0.25) is 0 Å². The van der Waals surface area contributed by atoms with Crippen molar-refractivity contribution in [1.29, 1.82) is 0 Å². The minimum atomic E-state index is -3.22. The van der Waals surface area contributed by atoms with Crippen LogP contribution in [0.15, 0.2) is 0 Å². The van der Waals surface area contributed by atoms with Crippen molar-refractivity contribution in [2.24, 2.45) is 0 Å². The first-order valence-electron chi connectivity index (χ1n) is 5.13. The number of fused-ring (bicyclic) bond motifs is 2. The van der Waals surface area contributed by atoms with Crippen LogP contribution in [0.3, 0.4) is 0 Å². The van der Waals surface area contributed by atoms with Crippen LogP contribution < -0.4 is 0 Å². The second-order valence-electron chi connectivity index (χ2n) is 4.66.